The van der Waals surface area contributed by atoms with Crippen molar-refractivity contribution in [3.63, 3.8) is 0 Å². The fourth-order valence-corrected chi connectivity index (χ4v) is 5.10. The molecule has 1 heterocycles. The first-order valence-electron chi connectivity index (χ1n) is 11.2. The summed E-state index contributed by atoms with van der Waals surface area (Å²) in [5, 5.41) is 2.43. The molecule has 1 aromatic heterocycles. The van der Waals surface area contributed by atoms with Gasteiger partial charge in [0, 0.05) is 23.5 Å². The Morgan fingerprint density at radius 3 is 2.13 bits per heavy atom. The van der Waals surface area contributed by atoms with E-state index >= 15 is 0 Å². The Morgan fingerprint density at radius 1 is 0.839 bits per heavy atom. The molecule has 4 aromatic rings. The van der Waals surface area contributed by atoms with Crippen molar-refractivity contribution in [3.8, 4) is 0 Å². The smallest absolute Gasteiger partial charge is 0.159 e. The summed E-state index contributed by atoms with van der Waals surface area (Å²) < 4.78 is 20.0. The van der Waals surface area contributed by atoms with Gasteiger partial charge in [0.25, 0.3) is 0 Å². The first-order chi connectivity index (χ1) is 14.8. The Labute approximate surface area is 184 Å². The number of para-hydroxylation sites is 2. The van der Waals surface area contributed by atoms with Gasteiger partial charge < -0.3 is 9.32 Å². The zero-order valence-corrected chi connectivity index (χ0v) is 18.8. The van der Waals surface area contributed by atoms with Crippen molar-refractivity contribution in [2.75, 3.05) is 11.9 Å². The Balaban J connectivity index is 1.65. The Kier molecular flexibility index (Phi) is 4.65. The Morgan fingerprint density at radius 2 is 1.45 bits per heavy atom. The third-order valence-electron chi connectivity index (χ3n) is 7.44. The van der Waals surface area contributed by atoms with Gasteiger partial charge in [0.1, 0.15) is 19.2 Å². The molecule has 4 heteroatoms. The number of furan rings is 1. The molecule has 0 radical (unpaired) electrons. The van der Waals surface area contributed by atoms with Crippen molar-refractivity contribution in [1.29, 1.82) is 0 Å². The average molecular weight is 413 g/mol. The van der Waals surface area contributed by atoms with Gasteiger partial charge >= 0.3 is 0 Å². The van der Waals surface area contributed by atoms with Gasteiger partial charge in [-0.2, -0.15) is 0 Å². The van der Waals surface area contributed by atoms with Crippen LogP contribution in [0.3, 0.4) is 0 Å². The summed E-state index contributed by atoms with van der Waals surface area (Å²) in [5.74, 6) is -0.229. The molecule has 0 atom stereocenters. The molecule has 3 aromatic carbocycles. The van der Waals surface area contributed by atoms with Crippen LogP contribution < -0.4 is 4.90 Å². The van der Waals surface area contributed by atoms with Gasteiger partial charge in [-0.25, -0.2) is 4.39 Å². The Bertz CT molecular complexity index is 1250. The van der Waals surface area contributed by atoms with Crippen LogP contribution in [-0.4, -0.2) is 14.9 Å². The van der Waals surface area contributed by atoms with Gasteiger partial charge in [-0.05, 0) is 59.5 Å². The highest BCUT2D eigenvalue weighted by molar-refractivity contribution is 6.18. The van der Waals surface area contributed by atoms with E-state index in [1.807, 2.05) is 7.05 Å². The molecule has 2 nitrogen and oxygen atoms in total. The van der Waals surface area contributed by atoms with Gasteiger partial charge in [-0.3, -0.25) is 0 Å². The molecule has 0 unspecified atom stereocenters. The van der Waals surface area contributed by atoms with Gasteiger partial charge in [0.2, 0.25) is 0 Å². The summed E-state index contributed by atoms with van der Waals surface area (Å²) >= 11 is 0. The molecule has 0 spiro atoms. The summed E-state index contributed by atoms with van der Waals surface area (Å²) in [5.41, 5.74) is 5.56. The summed E-state index contributed by atoms with van der Waals surface area (Å²) in [6.07, 6.45) is 4.83. The van der Waals surface area contributed by atoms with E-state index in [1.165, 1.54) is 48.8 Å². The molecule has 158 valence electrons. The highest BCUT2D eigenvalue weighted by Gasteiger charge is 2.37. The number of benzene rings is 3. The van der Waals surface area contributed by atoms with Crippen LogP contribution in [0, 0.1) is 11.2 Å². The van der Waals surface area contributed by atoms with Crippen LogP contribution in [0.15, 0.2) is 65.1 Å². The number of hydrogen-bond acceptors (Lipinski definition) is 2. The lowest BCUT2D eigenvalue weighted by Gasteiger charge is -2.42. The lowest BCUT2D eigenvalue weighted by Crippen LogP contribution is -2.35. The molecule has 5 rings (SSSR count). The number of halogens is 1. The minimum atomic E-state index is -0.229. The largest absolute Gasteiger partial charge is 0.454 e. The summed E-state index contributed by atoms with van der Waals surface area (Å²) in [6, 6.07) is 19.5. The third kappa shape index (κ3) is 3.42. The molecular formula is C27H29BFNO. The maximum absolute atomic E-state index is 13.4. The fourth-order valence-electron chi connectivity index (χ4n) is 5.10. The molecule has 1 aliphatic rings. The second-order valence-electron chi connectivity index (χ2n) is 10.2. The minimum Gasteiger partial charge on any atom is -0.454 e. The van der Waals surface area contributed by atoms with Gasteiger partial charge in [0.15, 0.2) is 5.58 Å². The SMILES string of the molecule is BC1(c2cccc3c2oc2c(N(C)c4ccc(F)cc4)cccc23)CCC(C)(C)CC1. The molecule has 0 amide bonds. The average Bonchev–Trinajstić information content (AvgIpc) is 3.15. The zero-order chi connectivity index (χ0) is 21.8. The van der Waals surface area contributed by atoms with Crippen LogP contribution in [0.25, 0.3) is 21.9 Å². The van der Waals surface area contributed by atoms with E-state index < -0.39 is 0 Å². The Hall–Kier alpha value is -2.75. The molecule has 0 bridgehead atoms. The lowest BCUT2D eigenvalue weighted by molar-refractivity contribution is 0.206. The standard InChI is InChI=1S/C27H29BFNO/c1-26(2)14-16-27(28,17-15-26)22-8-4-6-20-21-7-5-9-23(25(21)31-24(20)22)30(3)19-12-10-18(29)11-13-19/h4-13H,14-17,28H2,1-3H3. The molecule has 0 aliphatic heterocycles. The van der Waals surface area contributed by atoms with E-state index in [2.05, 4.69) is 63.0 Å². The predicted molar refractivity (Wildman–Crippen MR) is 131 cm³/mol. The molecule has 31 heavy (non-hydrogen) atoms. The van der Waals surface area contributed by atoms with Crippen molar-refractivity contribution in [2.45, 2.75) is 44.8 Å². The maximum atomic E-state index is 13.4. The van der Waals surface area contributed by atoms with E-state index in [0.29, 0.717) is 5.41 Å². The van der Waals surface area contributed by atoms with Crippen LogP contribution in [0.4, 0.5) is 15.8 Å². The summed E-state index contributed by atoms with van der Waals surface area (Å²) in [7, 11) is 4.40. The van der Waals surface area contributed by atoms with Crippen LogP contribution >= 0.6 is 0 Å². The van der Waals surface area contributed by atoms with Crippen LogP contribution in [0.2, 0.25) is 0 Å². The van der Waals surface area contributed by atoms with Crippen molar-refractivity contribution < 1.29 is 8.81 Å². The lowest BCUT2D eigenvalue weighted by atomic mass is 9.53. The fraction of sp³-hybridized carbons (Fsp3) is 0.333. The van der Waals surface area contributed by atoms with Crippen molar-refractivity contribution in [1.82, 2.24) is 0 Å². The van der Waals surface area contributed by atoms with Crippen molar-refractivity contribution in [2.24, 2.45) is 5.41 Å². The third-order valence-corrected chi connectivity index (χ3v) is 7.44. The number of rotatable bonds is 3. The monoisotopic (exact) mass is 413 g/mol. The van der Waals surface area contributed by atoms with Crippen molar-refractivity contribution >= 4 is 41.2 Å². The van der Waals surface area contributed by atoms with E-state index in [9.17, 15) is 4.39 Å². The van der Waals surface area contributed by atoms with E-state index in [0.717, 1.165) is 27.9 Å². The maximum Gasteiger partial charge on any atom is 0.159 e. The molecule has 0 N–H and O–H groups in total. The quantitative estimate of drug-likeness (QED) is 0.339. The normalized spacial score (nSPS) is 17.8. The number of hydrogen-bond donors (Lipinski definition) is 0. The van der Waals surface area contributed by atoms with E-state index in [4.69, 9.17) is 4.42 Å². The van der Waals surface area contributed by atoms with Gasteiger partial charge in [0.05, 0.1) is 5.69 Å². The highest BCUT2D eigenvalue weighted by atomic mass is 19.1. The number of anilines is 2. The number of fused-ring (bicyclic) bond motifs is 3. The molecular weight excluding hydrogens is 384 g/mol. The predicted octanol–water partition coefficient (Wildman–Crippen LogP) is 6.92. The summed E-state index contributed by atoms with van der Waals surface area (Å²) in [6.45, 7) is 4.76. The zero-order valence-electron chi connectivity index (χ0n) is 18.8. The number of nitrogens with zero attached hydrogens (tertiary/aromatic N) is 1. The second-order valence-corrected chi connectivity index (χ2v) is 10.2. The van der Waals surface area contributed by atoms with Gasteiger partial charge in [-0.15, -0.1) is 0 Å². The molecule has 1 aliphatic carbocycles. The highest BCUT2D eigenvalue weighted by Crippen LogP contribution is 2.48. The van der Waals surface area contributed by atoms with Crippen LogP contribution in [0.1, 0.15) is 45.1 Å². The van der Waals surface area contributed by atoms with E-state index in [1.54, 1.807) is 12.1 Å². The summed E-state index contributed by atoms with van der Waals surface area (Å²) in [4.78, 5) is 2.06. The molecule has 1 saturated carbocycles. The molecule has 0 saturated heterocycles. The first-order valence-corrected chi connectivity index (χ1v) is 11.2. The van der Waals surface area contributed by atoms with Gasteiger partial charge in [-0.1, -0.05) is 57.0 Å². The van der Waals surface area contributed by atoms with Crippen molar-refractivity contribution in [3.05, 3.63) is 72.0 Å². The topological polar surface area (TPSA) is 16.4 Å². The van der Waals surface area contributed by atoms with Crippen LogP contribution in [-0.2, 0) is 5.31 Å². The van der Waals surface area contributed by atoms with E-state index in [-0.39, 0.29) is 11.1 Å². The van der Waals surface area contributed by atoms with Crippen LogP contribution in [0.5, 0.6) is 0 Å². The first kappa shape index (κ1) is 20.2. The minimum absolute atomic E-state index is 0.131. The molecule has 1 fully saturated rings. The second kappa shape index (κ2) is 7.15.